The third-order valence-corrected chi connectivity index (χ3v) is 3.45. The lowest BCUT2D eigenvalue weighted by Crippen LogP contribution is -2.05. The molecule has 106 valence electrons. The van der Waals surface area contributed by atoms with E-state index in [1.54, 1.807) is 18.2 Å². The first-order chi connectivity index (χ1) is 9.47. The van der Waals surface area contributed by atoms with Crippen molar-refractivity contribution < 1.29 is 9.13 Å². The van der Waals surface area contributed by atoms with E-state index in [0.717, 1.165) is 11.1 Å². The lowest BCUT2D eigenvalue weighted by atomic mass is 10.1. The SMILES string of the molecule is C[C@H](N)c1ccc(OCc2ccc(F)c(Cl)c2)c(Cl)c1. The molecule has 5 heteroatoms. The van der Waals surface area contributed by atoms with Crippen LogP contribution in [-0.2, 0) is 6.61 Å². The normalized spacial score (nSPS) is 12.2. The summed E-state index contributed by atoms with van der Waals surface area (Å²) < 4.78 is 18.6. The fraction of sp³-hybridized carbons (Fsp3) is 0.200. The van der Waals surface area contributed by atoms with Crippen LogP contribution >= 0.6 is 23.2 Å². The van der Waals surface area contributed by atoms with Gasteiger partial charge in [-0.3, -0.25) is 0 Å². The second kappa shape index (κ2) is 6.44. The summed E-state index contributed by atoms with van der Waals surface area (Å²) in [5.74, 6) is 0.103. The molecule has 2 nitrogen and oxygen atoms in total. The number of ether oxygens (including phenoxy) is 1. The van der Waals surface area contributed by atoms with Gasteiger partial charge in [-0.1, -0.05) is 35.3 Å². The van der Waals surface area contributed by atoms with Gasteiger partial charge in [0.05, 0.1) is 10.0 Å². The minimum atomic E-state index is -0.449. The van der Waals surface area contributed by atoms with Crippen LogP contribution < -0.4 is 10.5 Å². The van der Waals surface area contributed by atoms with Gasteiger partial charge in [-0.25, -0.2) is 4.39 Å². The smallest absolute Gasteiger partial charge is 0.141 e. The lowest BCUT2D eigenvalue weighted by Gasteiger charge is -2.11. The fourth-order valence-corrected chi connectivity index (χ4v) is 2.15. The lowest BCUT2D eigenvalue weighted by molar-refractivity contribution is 0.306. The largest absolute Gasteiger partial charge is 0.487 e. The third-order valence-electron chi connectivity index (χ3n) is 2.86. The highest BCUT2D eigenvalue weighted by atomic mass is 35.5. The molecule has 0 bridgehead atoms. The third kappa shape index (κ3) is 3.63. The van der Waals surface area contributed by atoms with E-state index < -0.39 is 5.82 Å². The van der Waals surface area contributed by atoms with Crippen LogP contribution in [0, 0.1) is 5.82 Å². The molecule has 0 aliphatic rings. The molecule has 2 aromatic rings. The van der Waals surface area contributed by atoms with Gasteiger partial charge in [0.25, 0.3) is 0 Å². The van der Waals surface area contributed by atoms with E-state index in [0.29, 0.717) is 10.8 Å². The zero-order chi connectivity index (χ0) is 14.7. The molecule has 0 fully saturated rings. The summed E-state index contributed by atoms with van der Waals surface area (Å²) in [6.07, 6.45) is 0. The first-order valence-corrected chi connectivity index (χ1v) is 6.84. The van der Waals surface area contributed by atoms with Crippen molar-refractivity contribution in [2.24, 2.45) is 5.73 Å². The highest BCUT2D eigenvalue weighted by Gasteiger charge is 2.07. The molecule has 0 saturated carbocycles. The van der Waals surface area contributed by atoms with Gasteiger partial charge in [-0.2, -0.15) is 0 Å². The Morgan fingerprint density at radius 2 is 1.90 bits per heavy atom. The summed E-state index contributed by atoms with van der Waals surface area (Å²) in [7, 11) is 0. The number of hydrogen-bond acceptors (Lipinski definition) is 2. The molecule has 0 unspecified atom stereocenters. The summed E-state index contributed by atoms with van der Waals surface area (Å²) in [6, 6.07) is 9.78. The van der Waals surface area contributed by atoms with Crippen LogP contribution in [0.2, 0.25) is 10.0 Å². The van der Waals surface area contributed by atoms with Crippen molar-refractivity contribution in [1.29, 1.82) is 0 Å². The summed E-state index contributed by atoms with van der Waals surface area (Å²) >= 11 is 11.8. The van der Waals surface area contributed by atoms with Crippen LogP contribution in [0.25, 0.3) is 0 Å². The molecular formula is C15H14Cl2FNO. The fourth-order valence-electron chi connectivity index (χ4n) is 1.71. The average Bonchev–Trinajstić information content (AvgIpc) is 2.41. The predicted molar refractivity (Wildman–Crippen MR) is 79.8 cm³/mol. The van der Waals surface area contributed by atoms with Gasteiger partial charge in [0.1, 0.15) is 18.2 Å². The Morgan fingerprint density at radius 3 is 2.50 bits per heavy atom. The van der Waals surface area contributed by atoms with E-state index in [4.69, 9.17) is 33.7 Å². The Bertz CT molecular complexity index is 617. The summed E-state index contributed by atoms with van der Waals surface area (Å²) in [5.41, 5.74) is 7.48. The highest BCUT2D eigenvalue weighted by molar-refractivity contribution is 6.32. The summed E-state index contributed by atoms with van der Waals surface area (Å²) in [4.78, 5) is 0. The van der Waals surface area contributed by atoms with Gasteiger partial charge < -0.3 is 10.5 Å². The van der Waals surface area contributed by atoms with Crippen LogP contribution in [-0.4, -0.2) is 0 Å². The Hall–Kier alpha value is -1.29. The van der Waals surface area contributed by atoms with Gasteiger partial charge in [-0.05, 0) is 42.3 Å². The Kier molecular flexibility index (Phi) is 4.86. The number of rotatable bonds is 4. The minimum absolute atomic E-state index is 0.0736. The quantitative estimate of drug-likeness (QED) is 0.885. The van der Waals surface area contributed by atoms with Crippen molar-refractivity contribution in [2.45, 2.75) is 19.6 Å². The van der Waals surface area contributed by atoms with E-state index in [1.807, 2.05) is 13.0 Å². The monoisotopic (exact) mass is 313 g/mol. The van der Waals surface area contributed by atoms with Gasteiger partial charge in [-0.15, -0.1) is 0 Å². The second-order valence-electron chi connectivity index (χ2n) is 4.52. The molecular weight excluding hydrogens is 300 g/mol. The van der Waals surface area contributed by atoms with Crippen molar-refractivity contribution >= 4 is 23.2 Å². The number of nitrogens with two attached hydrogens (primary N) is 1. The van der Waals surface area contributed by atoms with E-state index in [2.05, 4.69) is 0 Å². The van der Waals surface area contributed by atoms with Gasteiger partial charge in [0.2, 0.25) is 0 Å². The Labute approximate surface area is 127 Å². The van der Waals surface area contributed by atoms with E-state index in [-0.39, 0.29) is 17.7 Å². The molecule has 0 heterocycles. The average molecular weight is 314 g/mol. The van der Waals surface area contributed by atoms with E-state index >= 15 is 0 Å². The van der Waals surface area contributed by atoms with Crippen molar-refractivity contribution in [2.75, 3.05) is 0 Å². The first kappa shape index (κ1) is 15.1. The zero-order valence-electron chi connectivity index (χ0n) is 10.9. The summed E-state index contributed by atoms with van der Waals surface area (Å²) in [5, 5.41) is 0.567. The van der Waals surface area contributed by atoms with Crippen LogP contribution in [0.15, 0.2) is 36.4 Å². The molecule has 2 aromatic carbocycles. The molecule has 0 saturated heterocycles. The van der Waals surface area contributed by atoms with Gasteiger partial charge in [0.15, 0.2) is 0 Å². The first-order valence-electron chi connectivity index (χ1n) is 6.09. The van der Waals surface area contributed by atoms with E-state index in [1.165, 1.54) is 12.1 Å². The number of halogens is 3. The van der Waals surface area contributed by atoms with Crippen LogP contribution in [0.3, 0.4) is 0 Å². The molecule has 0 aromatic heterocycles. The van der Waals surface area contributed by atoms with Crippen molar-refractivity contribution in [3.8, 4) is 5.75 Å². The van der Waals surface area contributed by atoms with Crippen molar-refractivity contribution in [1.82, 2.24) is 0 Å². The van der Waals surface area contributed by atoms with Crippen LogP contribution in [0.4, 0.5) is 4.39 Å². The maximum atomic E-state index is 13.0. The molecule has 0 spiro atoms. The second-order valence-corrected chi connectivity index (χ2v) is 5.33. The maximum absolute atomic E-state index is 13.0. The topological polar surface area (TPSA) is 35.2 Å². The molecule has 2 rings (SSSR count). The van der Waals surface area contributed by atoms with Gasteiger partial charge >= 0.3 is 0 Å². The molecule has 2 N–H and O–H groups in total. The van der Waals surface area contributed by atoms with Crippen molar-refractivity contribution in [3.63, 3.8) is 0 Å². The predicted octanol–water partition coefficient (Wildman–Crippen LogP) is 4.73. The molecule has 0 aliphatic heterocycles. The molecule has 0 amide bonds. The summed E-state index contributed by atoms with van der Waals surface area (Å²) in [6.45, 7) is 2.14. The molecule has 20 heavy (non-hydrogen) atoms. The molecule has 1 atom stereocenters. The van der Waals surface area contributed by atoms with Crippen LogP contribution in [0.5, 0.6) is 5.75 Å². The molecule has 0 aliphatic carbocycles. The van der Waals surface area contributed by atoms with E-state index in [9.17, 15) is 4.39 Å². The highest BCUT2D eigenvalue weighted by Crippen LogP contribution is 2.28. The zero-order valence-corrected chi connectivity index (χ0v) is 12.4. The Morgan fingerprint density at radius 1 is 1.15 bits per heavy atom. The van der Waals surface area contributed by atoms with Crippen molar-refractivity contribution in [3.05, 3.63) is 63.4 Å². The Balaban J connectivity index is 2.09. The maximum Gasteiger partial charge on any atom is 0.141 e. The standard InChI is InChI=1S/C15H14Cl2FNO/c1-9(19)11-3-5-15(13(17)7-11)20-8-10-2-4-14(18)12(16)6-10/h2-7,9H,8,19H2,1H3/t9-/m0/s1. The molecule has 0 radical (unpaired) electrons. The number of benzene rings is 2. The van der Waals surface area contributed by atoms with Crippen LogP contribution in [0.1, 0.15) is 24.1 Å². The number of hydrogen-bond donors (Lipinski definition) is 1. The minimum Gasteiger partial charge on any atom is -0.487 e. The van der Waals surface area contributed by atoms with Gasteiger partial charge in [0, 0.05) is 6.04 Å².